The molecule has 0 aliphatic heterocycles. The Hall–Kier alpha value is -1.63. The zero-order chi connectivity index (χ0) is 13.8. The molecule has 0 atom stereocenters. The quantitative estimate of drug-likeness (QED) is 0.778. The summed E-state index contributed by atoms with van der Waals surface area (Å²) >= 11 is 0. The lowest BCUT2D eigenvalue weighted by Crippen LogP contribution is -2.26. The van der Waals surface area contributed by atoms with Crippen molar-refractivity contribution in [2.75, 3.05) is 25.9 Å². The van der Waals surface area contributed by atoms with Crippen molar-refractivity contribution in [3.63, 3.8) is 0 Å². The van der Waals surface area contributed by atoms with Gasteiger partial charge in [0, 0.05) is 12.6 Å². The number of nitrogens with zero attached hydrogens (tertiary/aromatic N) is 4. The number of anilines is 1. The normalized spacial score (nSPS) is 15.0. The predicted octanol–water partition coefficient (Wildman–Crippen LogP) is 0.714. The molecule has 1 heterocycles. The molecule has 7 heteroatoms. The summed E-state index contributed by atoms with van der Waals surface area (Å²) in [4.78, 5) is 14.2. The molecule has 0 unspecified atom stereocenters. The van der Waals surface area contributed by atoms with Gasteiger partial charge in [-0.3, -0.25) is 0 Å². The van der Waals surface area contributed by atoms with Crippen LogP contribution in [0.25, 0.3) is 0 Å². The molecule has 7 nitrogen and oxygen atoms in total. The number of aromatic nitrogens is 3. The number of rotatable bonds is 7. The van der Waals surface area contributed by atoms with E-state index in [1.165, 1.54) is 12.8 Å². The van der Waals surface area contributed by atoms with Crippen LogP contribution in [0.5, 0.6) is 12.0 Å². The van der Waals surface area contributed by atoms with Gasteiger partial charge in [0.25, 0.3) is 0 Å². The van der Waals surface area contributed by atoms with Crippen molar-refractivity contribution in [1.82, 2.24) is 19.9 Å². The fraction of sp³-hybridized carbons (Fsp3) is 0.750. The fourth-order valence-corrected chi connectivity index (χ4v) is 1.66. The number of hydrogen-bond donors (Lipinski definition) is 1. The molecule has 1 aliphatic rings. The second-order valence-corrected chi connectivity index (χ2v) is 4.99. The summed E-state index contributed by atoms with van der Waals surface area (Å²) in [6, 6.07) is 1.13. The Kier molecular flexibility index (Phi) is 4.36. The molecule has 1 aromatic rings. The Bertz CT molecular complexity index is 423. The van der Waals surface area contributed by atoms with Crippen LogP contribution in [-0.4, -0.2) is 52.2 Å². The first-order valence-electron chi connectivity index (χ1n) is 6.56. The highest BCUT2D eigenvalue weighted by atomic mass is 16.5. The lowest BCUT2D eigenvalue weighted by atomic mass is 10.5. The third kappa shape index (κ3) is 4.51. The Morgan fingerprint density at radius 1 is 1.26 bits per heavy atom. The standard InChI is InChI=1S/C12H21N5O2/c1-8(2)19-12-15-10(13)14-11(16-12)18-7-6-17(3)9-4-5-9/h8-9H,4-7H2,1-3H3,(H2,13,14,15,16). The topological polar surface area (TPSA) is 86.4 Å². The van der Waals surface area contributed by atoms with Crippen molar-refractivity contribution < 1.29 is 9.47 Å². The Labute approximate surface area is 113 Å². The molecule has 0 amide bonds. The number of ether oxygens (including phenoxy) is 2. The summed E-state index contributed by atoms with van der Waals surface area (Å²) in [6.45, 7) is 5.16. The molecule has 0 spiro atoms. The monoisotopic (exact) mass is 267 g/mol. The fourth-order valence-electron chi connectivity index (χ4n) is 1.66. The van der Waals surface area contributed by atoms with Gasteiger partial charge in [-0.1, -0.05) is 0 Å². The maximum atomic E-state index is 5.59. The molecule has 2 N–H and O–H groups in total. The van der Waals surface area contributed by atoms with Crippen molar-refractivity contribution >= 4 is 5.95 Å². The molecular weight excluding hydrogens is 246 g/mol. The zero-order valence-electron chi connectivity index (χ0n) is 11.7. The van der Waals surface area contributed by atoms with Gasteiger partial charge in [-0.2, -0.15) is 9.97 Å². The number of likely N-dealkylation sites (N-methyl/N-ethyl adjacent to an activating group) is 1. The molecule has 0 aromatic carbocycles. The van der Waals surface area contributed by atoms with E-state index in [4.69, 9.17) is 15.2 Å². The van der Waals surface area contributed by atoms with Gasteiger partial charge in [-0.05, 0) is 33.7 Å². The van der Waals surface area contributed by atoms with E-state index in [9.17, 15) is 0 Å². The van der Waals surface area contributed by atoms with Crippen LogP contribution in [0.4, 0.5) is 5.95 Å². The predicted molar refractivity (Wildman–Crippen MR) is 71.2 cm³/mol. The van der Waals surface area contributed by atoms with E-state index in [0.29, 0.717) is 12.6 Å². The van der Waals surface area contributed by atoms with Crippen molar-refractivity contribution in [2.24, 2.45) is 0 Å². The first-order chi connectivity index (χ1) is 9.04. The van der Waals surface area contributed by atoms with E-state index in [-0.39, 0.29) is 24.1 Å². The van der Waals surface area contributed by atoms with Crippen LogP contribution in [0.3, 0.4) is 0 Å². The highest BCUT2D eigenvalue weighted by Crippen LogP contribution is 2.24. The van der Waals surface area contributed by atoms with Gasteiger partial charge in [0.2, 0.25) is 5.95 Å². The van der Waals surface area contributed by atoms with E-state index < -0.39 is 0 Å². The molecule has 0 saturated heterocycles. The van der Waals surface area contributed by atoms with E-state index >= 15 is 0 Å². The average Bonchev–Trinajstić information content (AvgIpc) is 3.10. The van der Waals surface area contributed by atoms with Crippen LogP contribution < -0.4 is 15.2 Å². The smallest absolute Gasteiger partial charge is 0.324 e. The third-order valence-electron chi connectivity index (χ3n) is 2.80. The summed E-state index contributed by atoms with van der Waals surface area (Å²) in [7, 11) is 2.09. The highest BCUT2D eigenvalue weighted by Gasteiger charge is 2.25. The van der Waals surface area contributed by atoms with Gasteiger partial charge in [-0.25, -0.2) is 0 Å². The van der Waals surface area contributed by atoms with Crippen molar-refractivity contribution in [3.05, 3.63) is 0 Å². The Balaban J connectivity index is 1.86. The number of hydrogen-bond acceptors (Lipinski definition) is 7. The highest BCUT2D eigenvalue weighted by molar-refractivity contribution is 5.20. The summed E-state index contributed by atoms with van der Waals surface area (Å²) in [5.74, 6) is 0.108. The average molecular weight is 267 g/mol. The Morgan fingerprint density at radius 2 is 1.95 bits per heavy atom. The summed E-state index contributed by atoms with van der Waals surface area (Å²) < 4.78 is 10.9. The first-order valence-corrected chi connectivity index (χ1v) is 6.56. The number of nitrogens with two attached hydrogens (primary N) is 1. The second kappa shape index (κ2) is 6.01. The molecule has 1 saturated carbocycles. The molecule has 0 bridgehead atoms. The lowest BCUT2D eigenvalue weighted by molar-refractivity contribution is 0.201. The van der Waals surface area contributed by atoms with Crippen molar-refractivity contribution in [3.8, 4) is 12.0 Å². The van der Waals surface area contributed by atoms with E-state index in [1.807, 2.05) is 13.8 Å². The van der Waals surface area contributed by atoms with Crippen LogP contribution in [0, 0.1) is 0 Å². The molecule has 2 rings (SSSR count). The first kappa shape index (κ1) is 13.8. The molecular formula is C12H21N5O2. The van der Waals surface area contributed by atoms with Crippen LogP contribution in [-0.2, 0) is 0 Å². The van der Waals surface area contributed by atoms with Crippen molar-refractivity contribution in [1.29, 1.82) is 0 Å². The summed E-state index contributed by atoms with van der Waals surface area (Å²) in [6.07, 6.45) is 2.54. The third-order valence-corrected chi connectivity index (χ3v) is 2.80. The molecule has 0 radical (unpaired) electrons. The van der Waals surface area contributed by atoms with Gasteiger partial charge in [-0.15, -0.1) is 4.98 Å². The minimum atomic E-state index is -0.0179. The molecule has 1 aliphatic carbocycles. The van der Waals surface area contributed by atoms with Gasteiger partial charge in [0.1, 0.15) is 6.61 Å². The van der Waals surface area contributed by atoms with Crippen LogP contribution in [0.2, 0.25) is 0 Å². The SMILES string of the molecule is CC(C)Oc1nc(N)nc(OCCN(C)C2CC2)n1. The maximum absolute atomic E-state index is 5.59. The molecule has 1 aromatic heterocycles. The largest absolute Gasteiger partial charge is 0.462 e. The molecule has 106 valence electrons. The van der Waals surface area contributed by atoms with E-state index in [0.717, 1.165) is 6.54 Å². The minimum Gasteiger partial charge on any atom is -0.462 e. The molecule has 1 fully saturated rings. The van der Waals surface area contributed by atoms with Crippen LogP contribution in [0.15, 0.2) is 0 Å². The Morgan fingerprint density at radius 3 is 2.58 bits per heavy atom. The van der Waals surface area contributed by atoms with Gasteiger partial charge in [0.15, 0.2) is 0 Å². The van der Waals surface area contributed by atoms with Gasteiger partial charge in [0.05, 0.1) is 6.10 Å². The van der Waals surface area contributed by atoms with Crippen LogP contribution >= 0.6 is 0 Å². The molecule has 19 heavy (non-hydrogen) atoms. The zero-order valence-corrected chi connectivity index (χ0v) is 11.7. The van der Waals surface area contributed by atoms with Gasteiger partial charge >= 0.3 is 12.0 Å². The van der Waals surface area contributed by atoms with Crippen LogP contribution in [0.1, 0.15) is 26.7 Å². The summed E-state index contributed by atoms with van der Waals surface area (Å²) in [5, 5.41) is 0. The lowest BCUT2D eigenvalue weighted by Gasteiger charge is -2.15. The van der Waals surface area contributed by atoms with Crippen molar-refractivity contribution in [2.45, 2.75) is 38.8 Å². The van der Waals surface area contributed by atoms with E-state index in [2.05, 4.69) is 26.9 Å². The minimum absolute atomic E-state index is 0.0179. The summed E-state index contributed by atoms with van der Waals surface area (Å²) in [5.41, 5.74) is 5.59. The van der Waals surface area contributed by atoms with Gasteiger partial charge < -0.3 is 20.1 Å². The van der Waals surface area contributed by atoms with E-state index in [1.54, 1.807) is 0 Å². The second-order valence-electron chi connectivity index (χ2n) is 4.99. The maximum Gasteiger partial charge on any atom is 0.324 e. The number of nitrogen functional groups attached to an aromatic ring is 1.